The first kappa shape index (κ1) is 11.7. The van der Waals surface area contributed by atoms with Crippen molar-refractivity contribution >= 4 is 11.5 Å². The van der Waals surface area contributed by atoms with Gasteiger partial charge in [-0.2, -0.15) is 0 Å². The minimum Gasteiger partial charge on any atom is -0.383 e. The average Bonchev–Trinajstić information content (AvgIpc) is 2.48. The predicted molar refractivity (Wildman–Crippen MR) is 77.3 cm³/mol. The smallest absolute Gasteiger partial charge is 0.129 e. The van der Waals surface area contributed by atoms with Crippen LogP contribution in [0.2, 0.25) is 0 Å². The van der Waals surface area contributed by atoms with Gasteiger partial charge in [-0.1, -0.05) is 12.1 Å². The van der Waals surface area contributed by atoms with Gasteiger partial charge in [0.25, 0.3) is 0 Å². The number of nitrogens with two attached hydrogens (primary N) is 1. The van der Waals surface area contributed by atoms with E-state index in [0.29, 0.717) is 12.5 Å². The highest BCUT2D eigenvalue weighted by molar-refractivity contribution is 6.03. The summed E-state index contributed by atoms with van der Waals surface area (Å²) in [4.78, 5) is 10.7. The zero-order valence-electron chi connectivity index (χ0n) is 10.7. The Morgan fingerprint density at radius 1 is 1.11 bits per heavy atom. The number of hydrogen-bond donors (Lipinski definition) is 1. The van der Waals surface area contributed by atoms with Crippen molar-refractivity contribution in [1.29, 1.82) is 0 Å². The van der Waals surface area contributed by atoms with Crippen LogP contribution in [0.4, 0.5) is 5.69 Å². The van der Waals surface area contributed by atoms with Gasteiger partial charge in [0, 0.05) is 30.2 Å². The minimum atomic E-state index is 0.633. The zero-order valence-corrected chi connectivity index (χ0v) is 10.7. The van der Waals surface area contributed by atoms with Crippen LogP contribution >= 0.6 is 0 Å². The number of anilines is 1. The third-order valence-corrected chi connectivity index (χ3v) is 3.35. The van der Waals surface area contributed by atoms with E-state index in [1.165, 1.54) is 11.3 Å². The predicted octanol–water partition coefficient (Wildman–Crippen LogP) is 1.81. The summed E-state index contributed by atoms with van der Waals surface area (Å²) in [6.07, 6.45) is 4.64. The van der Waals surface area contributed by atoms with Crippen molar-refractivity contribution in [3.63, 3.8) is 0 Å². The molecule has 0 aliphatic carbocycles. The van der Waals surface area contributed by atoms with Crippen LogP contribution in [0.5, 0.6) is 0 Å². The van der Waals surface area contributed by atoms with Crippen LogP contribution in [-0.4, -0.2) is 24.0 Å². The molecule has 1 aromatic carbocycles. The number of nitrogens with zero attached hydrogens (tertiary/aromatic N) is 3. The van der Waals surface area contributed by atoms with Gasteiger partial charge in [-0.3, -0.25) is 4.98 Å². The maximum atomic E-state index is 5.93. The second-order valence-electron chi connectivity index (χ2n) is 4.57. The number of fused-ring (bicyclic) bond motifs is 1. The van der Waals surface area contributed by atoms with Crippen molar-refractivity contribution < 1.29 is 0 Å². The van der Waals surface area contributed by atoms with Gasteiger partial charge >= 0.3 is 0 Å². The van der Waals surface area contributed by atoms with Crippen LogP contribution < -0.4 is 10.6 Å². The first-order valence-corrected chi connectivity index (χ1v) is 6.38. The summed E-state index contributed by atoms with van der Waals surface area (Å²) >= 11 is 0. The molecule has 3 rings (SSSR count). The Morgan fingerprint density at radius 2 is 1.89 bits per heavy atom. The number of amidine groups is 1. The average molecular weight is 252 g/mol. The van der Waals surface area contributed by atoms with Crippen LogP contribution in [0.3, 0.4) is 0 Å². The molecule has 0 spiro atoms. The standard InChI is InChI=1S/C15H16N4/c16-15-13-3-1-2-4-14(13)19(11-18-15)10-7-12-5-8-17-9-6-12/h1-6,8-9H,7,10-11H2,(H2,16,18). The monoisotopic (exact) mass is 252 g/mol. The van der Waals surface area contributed by atoms with Crippen molar-refractivity contribution in [2.24, 2.45) is 10.7 Å². The van der Waals surface area contributed by atoms with E-state index in [1.807, 2.05) is 42.7 Å². The number of aromatic nitrogens is 1. The molecule has 0 unspecified atom stereocenters. The molecule has 0 saturated carbocycles. The third kappa shape index (κ3) is 2.42. The molecular formula is C15H16N4. The SMILES string of the molecule is NC1=NCN(CCc2ccncc2)c2ccccc21. The first-order chi connectivity index (χ1) is 9.34. The second kappa shape index (κ2) is 5.10. The highest BCUT2D eigenvalue weighted by Gasteiger charge is 2.17. The summed E-state index contributed by atoms with van der Waals surface area (Å²) in [6, 6.07) is 12.3. The van der Waals surface area contributed by atoms with Gasteiger partial charge in [-0.25, -0.2) is 4.99 Å². The number of para-hydroxylation sites is 1. The summed E-state index contributed by atoms with van der Waals surface area (Å²) in [5.74, 6) is 0.635. The van der Waals surface area contributed by atoms with Gasteiger partial charge in [-0.15, -0.1) is 0 Å². The fraction of sp³-hybridized carbons (Fsp3) is 0.200. The Morgan fingerprint density at radius 3 is 2.74 bits per heavy atom. The molecule has 2 heterocycles. The van der Waals surface area contributed by atoms with Gasteiger partial charge in [0.05, 0.1) is 0 Å². The van der Waals surface area contributed by atoms with E-state index in [9.17, 15) is 0 Å². The van der Waals surface area contributed by atoms with E-state index in [1.54, 1.807) is 0 Å². The van der Waals surface area contributed by atoms with Gasteiger partial charge < -0.3 is 10.6 Å². The molecule has 96 valence electrons. The molecule has 1 aliphatic heterocycles. The maximum Gasteiger partial charge on any atom is 0.129 e. The summed E-state index contributed by atoms with van der Waals surface area (Å²) in [6.45, 7) is 1.56. The Hall–Kier alpha value is -2.36. The number of hydrogen-bond acceptors (Lipinski definition) is 4. The Bertz CT molecular complexity index is 592. The molecule has 0 bridgehead atoms. The normalized spacial score (nSPS) is 13.9. The molecule has 0 radical (unpaired) electrons. The van der Waals surface area contributed by atoms with E-state index in [2.05, 4.69) is 20.9 Å². The lowest BCUT2D eigenvalue weighted by Crippen LogP contribution is -2.34. The molecule has 0 amide bonds. The second-order valence-corrected chi connectivity index (χ2v) is 4.57. The van der Waals surface area contributed by atoms with E-state index >= 15 is 0 Å². The van der Waals surface area contributed by atoms with E-state index in [0.717, 1.165) is 18.5 Å². The fourth-order valence-corrected chi connectivity index (χ4v) is 2.29. The van der Waals surface area contributed by atoms with Gasteiger partial charge in [0.15, 0.2) is 0 Å². The van der Waals surface area contributed by atoms with Gasteiger partial charge in [-0.05, 0) is 36.2 Å². The number of rotatable bonds is 3. The largest absolute Gasteiger partial charge is 0.383 e. The van der Waals surface area contributed by atoms with Crippen LogP contribution in [0, 0.1) is 0 Å². The molecule has 19 heavy (non-hydrogen) atoms. The molecule has 4 heteroatoms. The third-order valence-electron chi connectivity index (χ3n) is 3.35. The number of aliphatic imine (C=N–C) groups is 1. The van der Waals surface area contributed by atoms with Crippen LogP contribution in [0.15, 0.2) is 53.8 Å². The Kier molecular flexibility index (Phi) is 3.14. The summed E-state index contributed by atoms with van der Waals surface area (Å²) in [5, 5.41) is 0. The lowest BCUT2D eigenvalue weighted by atomic mass is 10.1. The molecule has 4 nitrogen and oxygen atoms in total. The van der Waals surface area contributed by atoms with Crippen LogP contribution in [0.1, 0.15) is 11.1 Å². The quantitative estimate of drug-likeness (QED) is 0.906. The fourth-order valence-electron chi connectivity index (χ4n) is 2.29. The van der Waals surface area contributed by atoms with Crippen LogP contribution in [0.25, 0.3) is 0 Å². The van der Waals surface area contributed by atoms with Crippen molar-refractivity contribution in [2.45, 2.75) is 6.42 Å². The Balaban J connectivity index is 1.77. The highest BCUT2D eigenvalue weighted by Crippen LogP contribution is 2.23. The first-order valence-electron chi connectivity index (χ1n) is 6.38. The maximum absolute atomic E-state index is 5.93. The van der Waals surface area contributed by atoms with Crippen molar-refractivity contribution in [3.8, 4) is 0 Å². The molecule has 1 aromatic heterocycles. The summed E-state index contributed by atoms with van der Waals surface area (Å²) < 4.78 is 0. The van der Waals surface area contributed by atoms with Gasteiger partial charge in [0.2, 0.25) is 0 Å². The highest BCUT2D eigenvalue weighted by atomic mass is 15.2. The van der Waals surface area contributed by atoms with Crippen molar-refractivity contribution in [1.82, 2.24) is 4.98 Å². The summed E-state index contributed by atoms with van der Waals surface area (Å²) in [7, 11) is 0. The number of benzene rings is 1. The van der Waals surface area contributed by atoms with E-state index in [4.69, 9.17) is 5.73 Å². The lowest BCUT2D eigenvalue weighted by Gasteiger charge is -2.28. The van der Waals surface area contributed by atoms with Crippen LogP contribution in [-0.2, 0) is 6.42 Å². The molecule has 2 aromatic rings. The van der Waals surface area contributed by atoms with E-state index < -0.39 is 0 Å². The Labute approximate surface area is 112 Å². The molecule has 0 atom stereocenters. The minimum absolute atomic E-state index is 0.633. The van der Waals surface area contributed by atoms with Crippen molar-refractivity contribution in [3.05, 3.63) is 59.9 Å². The topological polar surface area (TPSA) is 54.5 Å². The molecule has 2 N–H and O–H groups in total. The molecule has 0 fully saturated rings. The summed E-state index contributed by atoms with van der Waals surface area (Å²) in [5.41, 5.74) is 9.42. The van der Waals surface area contributed by atoms with E-state index in [-0.39, 0.29) is 0 Å². The van der Waals surface area contributed by atoms with Gasteiger partial charge in [0.1, 0.15) is 12.5 Å². The number of pyridine rings is 1. The van der Waals surface area contributed by atoms with Crippen molar-refractivity contribution in [2.75, 3.05) is 18.1 Å². The molecule has 1 aliphatic rings. The zero-order chi connectivity index (χ0) is 13.1. The lowest BCUT2D eigenvalue weighted by molar-refractivity contribution is 0.783. The molecule has 0 saturated heterocycles. The molecular weight excluding hydrogens is 236 g/mol.